The number of ether oxygens (including phenoxy) is 2. The number of aliphatic hydroxyl groups is 1. The quantitative estimate of drug-likeness (QED) is 0.285. The molecular formula is C27H25ClN4O5. The van der Waals surface area contributed by atoms with E-state index < -0.39 is 24.4 Å². The molecule has 10 heteroatoms. The van der Waals surface area contributed by atoms with Crippen LogP contribution in [0.3, 0.4) is 0 Å². The molecule has 1 fully saturated rings. The summed E-state index contributed by atoms with van der Waals surface area (Å²) in [4.78, 5) is 33.7. The van der Waals surface area contributed by atoms with Gasteiger partial charge in [-0.2, -0.15) is 9.97 Å². The summed E-state index contributed by atoms with van der Waals surface area (Å²) < 4.78 is 13.1. The van der Waals surface area contributed by atoms with Gasteiger partial charge in [0.05, 0.1) is 17.1 Å². The summed E-state index contributed by atoms with van der Waals surface area (Å²) in [5.41, 5.74) is 3.41. The highest BCUT2D eigenvalue weighted by molar-refractivity contribution is 6.34. The second-order valence-electron chi connectivity index (χ2n) is 9.02. The SMILES string of the molecule is Cc1ccc(C(=O)Nc2nc(Cl)c3ccn([C@H]4C[C@H](O)[C@@H](COC(=O)c5ccc(C)cc5)O4)c3n2)cc1. The third-order valence-corrected chi connectivity index (χ3v) is 6.53. The van der Waals surface area contributed by atoms with Gasteiger partial charge in [0, 0.05) is 18.2 Å². The standard InChI is InChI=1S/C27H25ClN4O5/c1-15-3-7-17(8-4-15)25(34)31-27-29-23(28)19-11-12-32(24(19)30-27)22-13-20(33)21(37-22)14-36-26(35)18-9-5-16(2)6-10-18/h3-12,20-22,33H,13-14H2,1-2H3,(H,29,30,31,34)/t20-,21+,22+/m0/s1. The van der Waals surface area contributed by atoms with E-state index in [4.69, 9.17) is 21.1 Å². The van der Waals surface area contributed by atoms with Gasteiger partial charge < -0.3 is 19.1 Å². The number of aryl methyl sites for hydroxylation is 2. The fraction of sp³-hybridized carbons (Fsp3) is 0.259. The summed E-state index contributed by atoms with van der Waals surface area (Å²) in [7, 11) is 0. The number of carbonyl (C=O) groups is 2. The van der Waals surface area contributed by atoms with E-state index in [-0.39, 0.29) is 30.0 Å². The van der Waals surface area contributed by atoms with E-state index in [1.165, 1.54) is 0 Å². The van der Waals surface area contributed by atoms with E-state index in [0.717, 1.165) is 11.1 Å². The van der Waals surface area contributed by atoms with E-state index in [9.17, 15) is 14.7 Å². The van der Waals surface area contributed by atoms with Gasteiger partial charge in [0.25, 0.3) is 5.91 Å². The monoisotopic (exact) mass is 520 g/mol. The molecule has 3 heterocycles. The predicted octanol–water partition coefficient (Wildman–Crippen LogP) is 4.46. The number of rotatable bonds is 6. The second kappa shape index (κ2) is 10.3. The summed E-state index contributed by atoms with van der Waals surface area (Å²) in [6.07, 6.45) is -0.165. The fourth-order valence-electron chi connectivity index (χ4n) is 4.13. The molecule has 2 N–H and O–H groups in total. The number of hydrogen-bond donors (Lipinski definition) is 2. The summed E-state index contributed by atoms with van der Waals surface area (Å²) in [6.45, 7) is 3.77. The Morgan fingerprint density at radius 2 is 1.70 bits per heavy atom. The number of amides is 1. The van der Waals surface area contributed by atoms with E-state index in [1.54, 1.807) is 41.1 Å². The van der Waals surface area contributed by atoms with Gasteiger partial charge >= 0.3 is 5.97 Å². The number of hydrogen-bond acceptors (Lipinski definition) is 7. The minimum Gasteiger partial charge on any atom is -0.459 e. The van der Waals surface area contributed by atoms with E-state index >= 15 is 0 Å². The zero-order valence-corrected chi connectivity index (χ0v) is 21.0. The van der Waals surface area contributed by atoms with Gasteiger partial charge in [-0.1, -0.05) is 47.0 Å². The first-order valence-corrected chi connectivity index (χ1v) is 12.2. The molecule has 1 aliphatic heterocycles. The lowest BCUT2D eigenvalue weighted by molar-refractivity contribution is -0.0507. The third-order valence-electron chi connectivity index (χ3n) is 6.24. The van der Waals surface area contributed by atoms with E-state index in [1.807, 2.05) is 38.1 Å². The molecule has 3 atom stereocenters. The lowest BCUT2D eigenvalue weighted by Gasteiger charge is -2.16. The zero-order chi connectivity index (χ0) is 26.1. The van der Waals surface area contributed by atoms with Crippen LogP contribution >= 0.6 is 11.6 Å². The molecule has 4 aromatic rings. The van der Waals surface area contributed by atoms with E-state index in [0.29, 0.717) is 22.2 Å². The van der Waals surface area contributed by atoms with Crippen molar-refractivity contribution in [2.24, 2.45) is 0 Å². The van der Waals surface area contributed by atoms with Crippen molar-refractivity contribution in [3.05, 3.63) is 88.2 Å². The summed E-state index contributed by atoms with van der Waals surface area (Å²) >= 11 is 6.38. The molecule has 1 aliphatic rings. The number of aromatic nitrogens is 3. The van der Waals surface area contributed by atoms with Crippen LogP contribution in [0.25, 0.3) is 11.0 Å². The molecule has 2 aromatic heterocycles. The molecule has 9 nitrogen and oxygen atoms in total. The lowest BCUT2D eigenvalue weighted by atomic mass is 10.1. The van der Waals surface area contributed by atoms with Gasteiger partial charge in [-0.15, -0.1) is 0 Å². The number of halogens is 1. The largest absolute Gasteiger partial charge is 0.459 e. The van der Waals surface area contributed by atoms with Crippen molar-refractivity contribution in [3.8, 4) is 0 Å². The molecule has 2 aromatic carbocycles. The summed E-state index contributed by atoms with van der Waals surface area (Å²) in [5, 5.41) is 14.0. The maximum Gasteiger partial charge on any atom is 0.338 e. The first-order valence-electron chi connectivity index (χ1n) is 11.8. The molecule has 1 saturated heterocycles. The van der Waals surface area contributed by atoms with Crippen LogP contribution in [0.4, 0.5) is 5.95 Å². The first-order chi connectivity index (χ1) is 17.8. The molecule has 0 radical (unpaired) electrons. The van der Waals surface area contributed by atoms with Crippen molar-refractivity contribution >= 4 is 40.5 Å². The Labute approximate surface area is 218 Å². The molecule has 190 valence electrons. The average molecular weight is 521 g/mol. The van der Waals surface area contributed by atoms with Gasteiger partial charge in [0.1, 0.15) is 29.7 Å². The Balaban J connectivity index is 1.30. The van der Waals surface area contributed by atoms with Crippen molar-refractivity contribution in [3.63, 3.8) is 0 Å². The Hall–Kier alpha value is -3.79. The van der Waals surface area contributed by atoms with Crippen molar-refractivity contribution in [1.82, 2.24) is 14.5 Å². The number of esters is 1. The van der Waals surface area contributed by atoms with Gasteiger partial charge in [-0.3, -0.25) is 10.1 Å². The zero-order valence-electron chi connectivity index (χ0n) is 20.2. The molecule has 0 spiro atoms. The maximum absolute atomic E-state index is 12.6. The van der Waals surface area contributed by atoms with Crippen molar-refractivity contribution in [1.29, 1.82) is 0 Å². The van der Waals surface area contributed by atoms with Crippen LogP contribution in [-0.4, -0.2) is 50.3 Å². The van der Waals surface area contributed by atoms with Crippen molar-refractivity contribution in [2.75, 3.05) is 11.9 Å². The minimum absolute atomic E-state index is 0.0464. The number of nitrogens with zero attached hydrogens (tertiary/aromatic N) is 3. The number of fused-ring (bicyclic) bond motifs is 1. The molecule has 5 rings (SSSR count). The average Bonchev–Trinajstić information content (AvgIpc) is 3.46. The van der Waals surface area contributed by atoms with Crippen LogP contribution in [0.2, 0.25) is 5.15 Å². The number of aliphatic hydroxyl groups excluding tert-OH is 1. The Bertz CT molecular complexity index is 1450. The number of anilines is 1. The third kappa shape index (κ3) is 5.34. The van der Waals surface area contributed by atoms with Crippen LogP contribution in [0, 0.1) is 13.8 Å². The number of benzene rings is 2. The second-order valence-corrected chi connectivity index (χ2v) is 9.37. The normalized spacial score (nSPS) is 19.2. The lowest BCUT2D eigenvalue weighted by Crippen LogP contribution is -2.28. The highest BCUT2D eigenvalue weighted by atomic mass is 35.5. The number of nitrogens with one attached hydrogen (secondary N) is 1. The van der Waals surface area contributed by atoms with Crippen LogP contribution in [0.5, 0.6) is 0 Å². The van der Waals surface area contributed by atoms with Crippen molar-refractivity contribution < 1.29 is 24.2 Å². The Morgan fingerprint density at radius 3 is 2.38 bits per heavy atom. The van der Waals surface area contributed by atoms with Gasteiger partial charge in [-0.05, 0) is 44.2 Å². The smallest absolute Gasteiger partial charge is 0.338 e. The summed E-state index contributed by atoms with van der Waals surface area (Å²) in [5.74, 6) is -0.805. The topological polar surface area (TPSA) is 116 Å². The summed E-state index contributed by atoms with van der Waals surface area (Å²) in [6, 6.07) is 15.9. The highest BCUT2D eigenvalue weighted by Crippen LogP contribution is 2.33. The van der Waals surface area contributed by atoms with Gasteiger partial charge in [0.15, 0.2) is 0 Å². The highest BCUT2D eigenvalue weighted by Gasteiger charge is 2.36. The van der Waals surface area contributed by atoms with Gasteiger partial charge in [-0.25, -0.2) is 4.79 Å². The predicted molar refractivity (Wildman–Crippen MR) is 138 cm³/mol. The van der Waals surface area contributed by atoms with E-state index in [2.05, 4.69) is 15.3 Å². The van der Waals surface area contributed by atoms with Crippen LogP contribution in [-0.2, 0) is 9.47 Å². The number of carbonyl (C=O) groups excluding carboxylic acids is 2. The van der Waals surface area contributed by atoms with Crippen LogP contribution in [0.15, 0.2) is 60.8 Å². The van der Waals surface area contributed by atoms with Crippen LogP contribution < -0.4 is 5.32 Å². The Kier molecular flexibility index (Phi) is 6.92. The van der Waals surface area contributed by atoms with Crippen LogP contribution in [0.1, 0.15) is 44.5 Å². The molecular weight excluding hydrogens is 496 g/mol. The molecule has 0 aliphatic carbocycles. The van der Waals surface area contributed by atoms with Gasteiger partial charge in [0.2, 0.25) is 5.95 Å². The van der Waals surface area contributed by atoms with Crippen molar-refractivity contribution in [2.45, 2.75) is 38.7 Å². The fourth-order valence-corrected chi connectivity index (χ4v) is 4.36. The molecule has 0 bridgehead atoms. The maximum atomic E-state index is 12.6. The minimum atomic E-state index is -0.855. The molecule has 0 unspecified atom stereocenters. The molecule has 37 heavy (non-hydrogen) atoms. The molecule has 1 amide bonds. The first kappa shape index (κ1) is 24.9. The molecule has 0 saturated carbocycles. The Morgan fingerprint density at radius 1 is 1.05 bits per heavy atom.